The first-order valence-electron chi connectivity index (χ1n) is 11.5. The maximum atomic E-state index is 6.18. The highest BCUT2D eigenvalue weighted by Gasteiger charge is 2.14. The molecule has 1 aliphatic rings. The summed E-state index contributed by atoms with van der Waals surface area (Å²) in [6.07, 6.45) is 8.42. The number of pyridine rings is 1. The lowest BCUT2D eigenvalue weighted by Gasteiger charge is -2.32. The van der Waals surface area contributed by atoms with Crippen molar-refractivity contribution in [3.05, 3.63) is 59.9 Å². The number of para-hydroxylation sites is 1. The van der Waals surface area contributed by atoms with Crippen LogP contribution in [0.4, 0.5) is 0 Å². The van der Waals surface area contributed by atoms with Crippen LogP contribution < -0.4 is 10.1 Å². The maximum Gasteiger partial charge on any atom is 0.123 e. The standard InChI is InChI=1S/C25H38N4O/c1-3-4-11-24(22-10-7-13-26-20-22)27-21-23-9-5-6-12-25(23)30-19-8-14-29-17-15-28(2)16-18-29/h5-7,9-10,12-13,20,24,27H,3-4,8,11,14-19,21H2,1-2H3/t24-/m0/s1. The molecule has 164 valence electrons. The first-order valence-corrected chi connectivity index (χ1v) is 11.5. The van der Waals surface area contributed by atoms with Gasteiger partial charge in [0.25, 0.3) is 0 Å². The van der Waals surface area contributed by atoms with Gasteiger partial charge in [-0.25, -0.2) is 0 Å². The molecule has 0 radical (unpaired) electrons. The van der Waals surface area contributed by atoms with Crippen molar-refractivity contribution in [3.63, 3.8) is 0 Å². The molecule has 1 atom stereocenters. The second-order valence-corrected chi connectivity index (χ2v) is 8.32. The van der Waals surface area contributed by atoms with Crippen molar-refractivity contribution >= 4 is 0 Å². The molecule has 1 fully saturated rings. The van der Waals surface area contributed by atoms with Crippen LogP contribution in [0.15, 0.2) is 48.8 Å². The lowest BCUT2D eigenvalue weighted by molar-refractivity contribution is 0.145. The van der Waals surface area contributed by atoms with Crippen molar-refractivity contribution in [2.45, 2.75) is 45.2 Å². The predicted octanol–water partition coefficient (Wildman–Crippen LogP) is 4.12. The molecule has 0 unspecified atom stereocenters. The molecule has 1 N–H and O–H groups in total. The Hall–Kier alpha value is -1.95. The number of rotatable bonds is 12. The van der Waals surface area contributed by atoms with Crippen LogP contribution in [0.2, 0.25) is 0 Å². The number of benzene rings is 1. The van der Waals surface area contributed by atoms with Gasteiger partial charge < -0.3 is 19.9 Å². The monoisotopic (exact) mass is 410 g/mol. The van der Waals surface area contributed by atoms with E-state index in [0.29, 0.717) is 6.04 Å². The smallest absolute Gasteiger partial charge is 0.123 e. The molecule has 1 aliphatic heterocycles. The molecule has 2 heterocycles. The number of aromatic nitrogens is 1. The van der Waals surface area contributed by atoms with E-state index < -0.39 is 0 Å². The molecular formula is C25H38N4O. The Kier molecular flexibility index (Phi) is 9.61. The molecular weight excluding hydrogens is 372 g/mol. The minimum atomic E-state index is 0.323. The van der Waals surface area contributed by atoms with E-state index in [1.54, 1.807) is 0 Å². The van der Waals surface area contributed by atoms with E-state index in [1.165, 1.54) is 50.1 Å². The van der Waals surface area contributed by atoms with E-state index in [0.717, 1.165) is 38.3 Å². The molecule has 5 heteroatoms. The zero-order valence-electron chi connectivity index (χ0n) is 18.7. The van der Waals surface area contributed by atoms with Gasteiger partial charge >= 0.3 is 0 Å². The van der Waals surface area contributed by atoms with Gasteiger partial charge in [0.15, 0.2) is 0 Å². The molecule has 1 aromatic heterocycles. The van der Waals surface area contributed by atoms with Gasteiger partial charge in [-0.3, -0.25) is 4.98 Å². The summed E-state index contributed by atoms with van der Waals surface area (Å²) in [6, 6.07) is 12.9. The molecule has 0 saturated carbocycles. The van der Waals surface area contributed by atoms with E-state index in [-0.39, 0.29) is 0 Å². The zero-order valence-corrected chi connectivity index (χ0v) is 18.7. The van der Waals surface area contributed by atoms with E-state index >= 15 is 0 Å². The number of nitrogens with one attached hydrogen (secondary N) is 1. The highest BCUT2D eigenvalue weighted by molar-refractivity contribution is 5.33. The van der Waals surface area contributed by atoms with Crippen LogP contribution in [0.5, 0.6) is 5.75 Å². The van der Waals surface area contributed by atoms with Crippen LogP contribution in [0.3, 0.4) is 0 Å². The maximum absolute atomic E-state index is 6.18. The Morgan fingerprint density at radius 1 is 1.07 bits per heavy atom. The summed E-state index contributed by atoms with van der Waals surface area (Å²) >= 11 is 0. The lowest BCUT2D eigenvalue weighted by atomic mass is 10.0. The van der Waals surface area contributed by atoms with E-state index in [1.807, 2.05) is 18.5 Å². The summed E-state index contributed by atoms with van der Waals surface area (Å²) in [7, 11) is 2.20. The Morgan fingerprint density at radius 3 is 2.67 bits per heavy atom. The van der Waals surface area contributed by atoms with Gasteiger partial charge in [-0.1, -0.05) is 44.0 Å². The van der Waals surface area contributed by atoms with Crippen LogP contribution in [-0.4, -0.2) is 61.2 Å². The predicted molar refractivity (Wildman–Crippen MR) is 124 cm³/mol. The van der Waals surface area contributed by atoms with Gasteiger partial charge in [0.2, 0.25) is 0 Å². The number of likely N-dealkylation sites (N-methyl/N-ethyl adjacent to an activating group) is 1. The Bertz CT molecular complexity index is 716. The summed E-state index contributed by atoms with van der Waals surface area (Å²) in [5.41, 5.74) is 2.49. The van der Waals surface area contributed by atoms with Gasteiger partial charge in [0.05, 0.1) is 6.61 Å². The third-order valence-corrected chi connectivity index (χ3v) is 5.92. The number of hydrogen-bond acceptors (Lipinski definition) is 5. The highest BCUT2D eigenvalue weighted by Crippen LogP contribution is 2.22. The number of unbranched alkanes of at least 4 members (excludes halogenated alkanes) is 1. The van der Waals surface area contributed by atoms with Crippen LogP contribution in [0, 0.1) is 0 Å². The SMILES string of the molecule is CCCC[C@H](NCc1ccccc1OCCCN1CCN(C)CC1)c1cccnc1. The summed E-state index contributed by atoms with van der Waals surface area (Å²) in [4.78, 5) is 9.25. The van der Waals surface area contributed by atoms with Crippen molar-refractivity contribution in [2.24, 2.45) is 0 Å². The van der Waals surface area contributed by atoms with Crippen molar-refractivity contribution in [1.82, 2.24) is 20.1 Å². The van der Waals surface area contributed by atoms with Crippen LogP contribution in [0.1, 0.15) is 49.8 Å². The molecule has 2 aromatic rings. The average molecular weight is 411 g/mol. The lowest BCUT2D eigenvalue weighted by Crippen LogP contribution is -2.44. The Labute approximate surface area is 182 Å². The number of hydrogen-bond donors (Lipinski definition) is 1. The topological polar surface area (TPSA) is 40.6 Å². The van der Waals surface area contributed by atoms with Gasteiger partial charge in [0, 0.05) is 63.3 Å². The Balaban J connectivity index is 1.49. The molecule has 0 aliphatic carbocycles. The molecule has 0 spiro atoms. The molecule has 0 bridgehead atoms. The van der Waals surface area contributed by atoms with Crippen LogP contribution in [0.25, 0.3) is 0 Å². The highest BCUT2D eigenvalue weighted by atomic mass is 16.5. The van der Waals surface area contributed by atoms with E-state index in [4.69, 9.17) is 4.74 Å². The van der Waals surface area contributed by atoms with Gasteiger partial charge in [0.1, 0.15) is 5.75 Å². The summed E-state index contributed by atoms with van der Waals surface area (Å²) in [5.74, 6) is 1.00. The fourth-order valence-corrected chi connectivity index (χ4v) is 3.94. The van der Waals surface area contributed by atoms with E-state index in [2.05, 4.69) is 64.4 Å². The molecule has 30 heavy (non-hydrogen) atoms. The van der Waals surface area contributed by atoms with E-state index in [9.17, 15) is 0 Å². The van der Waals surface area contributed by atoms with Gasteiger partial charge in [-0.05, 0) is 37.6 Å². The first-order chi connectivity index (χ1) is 14.8. The summed E-state index contributed by atoms with van der Waals surface area (Å²) in [6.45, 7) is 9.62. The molecule has 3 rings (SSSR count). The zero-order chi connectivity index (χ0) is 21.0. The molecule has 1 aromatic carbocycles. The minimum absolute atomic E-state index is 0.323. The largest absolute Gasteiger partial charge is 0.493 e. The van der Waals surface area contributed by atoms with Gasteiger partial charge in [-0.2, -0.15) is 0 Å². The average Bonchev–Trinajstić information content (AvgIpc) is 2.79. The normalized spacial score (nSPS) is 16.5. The summed E-state index contributed by atoms with van der Waals surface area (Å²) in [5, 5.41) is 3.74. The quantitative estimate of drug-likeness (QED) is 0.533. The molecule has 0 amide bonds. The Morgan fingerprint density at radius 2 is 1.90 bits per heavy atom. The number of ether oxygens (including phenoxy) is 1. The molecule has 5 nitrogen and oxygen atoms in total. The van der Waals surface area contributed by atoms with Crippen LogP contribution in [-0.2, 0) is 6.54 Å². The fourth-order valence-electron chi connectivity index (χ4n) is 3.94. The van der Waals surface area contributed by atoms with Crippen molar-refractivity contribution < 1.29 is 4.74 Å². The molecule has 1 saturated heterocycles. The van der Waals surface area contributed by atoms with Crippen LogP contribution >= 0.6 is 0 Å². The third-order valence-electron chi connectivity index (χ3n) is 5.92. The van der Waals surface area contributed by atoms with Crippen molar-refractivity contribution in [3.8, 4) is 5.75 Å². The minimum Gasteiger partial charge on any atom is -0.493 e. The second-order valence-electron chi connectivity index (χ2n) is 8.32. The number of nitrogens with zero attached hydrogens (tertiary/aromatic N) is 3. The number of piperazine rings is 1. The van der Waals surface area contributed by atoms with Crippen molar-refractivity contribution in [1.29, 1.82) is 0 Å². The second kappa shape index (κ2) is 12.7. The third kappa shape index (κ3) is 7.38. The summed E-state index contributed by atoms with van der Waals surface area (Å²) < 4.78 is 6.18. The fraction of sp³-hybridized carbons (Fsp3) is 0.560. The first kappa shape index (κ1) is 22.7. The van der Waals surface area contributed by atoms with Crippen molar-refractivity contribution in [2.75, 3.05) is 46.4 Å². The van der Waals surface area contributed by atoms with Gasteiger partial charge in [-0.15, -0.1) is 0 Å².